The van der Waals surface area contributed by atoms with Gasteiger partial charge in [-0.3, -0.25) is 4.79 Å². The lowest BCUT2D eigenvalue weighted by Crippen LogP contribution is -2.56. The van der Waals surface area contributed by atoms with Crippen molar-refractivity contribution in [3.05, 3.63) is 29.3 Å². The Kier molecular flexibility index (Phi) is 3.54. The second-order valence-corrected chi connectivity index (χ2v) is 4.76. The van der Waals surface area contributed by atoms with Crippen LogP contribution in [0.1, 0.15) is 12.8 Å². The number of piperidine rings is 1. The Morgan fingerprint density at radius 2 is 1.88 bits per heavy atom. The molecule has 4 nitrogen and oxygen atoms in total. The molecule has 1 aliphatic rings. The molecule has 0 spiro atoms. The first-order chi connectivity index (χ1) is 8.12. The van der Waals surface area contributed by atoms with Gasteiger partial charge in [-0.05, 0) is 50.2 Å². The monoisotopic (exact) mass is 253 g/mol. The van der Waals surface area contributed by atoms with E-state index in [9.17, 15) is 4.79 Å². The third-order valence-corrected chi connectivity index (χ3v) is 3.41. The molecule has 1 amide bonds. The molecule has 1 aromatic rings. The van der Waals surface area contributed by atoms with Gasteiger partial charge in [-0.1, -0.05) is 11.6 Å². The number of nitrogens with two attached hydrogens (primary N) is 1. The molecular weight excluding hydrogens is 238 g/mol. The molecule has 17 heavy (non-hydrogen) atoms. The van der Waals surface area contributed by atoms with Crippen molar-refractivity contribution in [2.75, 3.05) is 18.4 Å². The third-order valence-electron chi connectivity index (χ3n) is 3.16. The predicted molar refractivity (Wildman–Crippen MR) is 69.1 cm³/mol. The van der Waals surface area contributed by atoms with Gasteiger partial charge in [0.25, 0.3) is 0 Å². The molecule has 0 atom stereocenters. The van der Waals surface area contributed by atoms with Crippen molar-refractivity contribution in [2.24, 2.45) is 5.73 Å². The standard InChI is InChI=1S/C12H16ClN3O/c13-9-1-3-10(4-2-9)16-12(11(14)17)5-7-15-8-6-12/h1-4,15-16H,5-8H2,(H2,14,17). The lowest BCUT2D eigenvalue weighted by molar-refractivity contribution is -0.123. The fraction of sp³-hybridized carbons (Fsp3) is 0.417. The zero-order chi connectivity index (χ0) is 12.3. The average molecular weight is 254 g/mol. The quantitative estimate of drug-likeness (QED) is 0.762. The van der Waals surface area contributed by atoms with Gasteiger partial charge in [-0.2, -0.15) is 0 Å². The van der Waals surface area contributed by atoms with Crippen molar-refractivity contribution in [3.8, 4) is 0 Å². The Bertz CT molecular complexity index is 399. The molecule has 5 heteroatoms. The lowest BCUT2D eigenvalue weighted by Gasteiger charge is -2.36. The highest BCUT2D eigenvalue weighted by molar-refractivity contribution is 6.30. The number of benzene rings is 1. The largest absolute Gasteiger partial charge is 0.371 e. The van der Waals surface area contributed by atoms with Gasteiger partial charge in [0, 0.05) is 10.7 Å². The molecule has 0 saturated carbocycles. The molecule has 0 bridgehead atoms. The maximum Gasteiger partial charge on any atom is 0.243 e. The molecule has 2 rings (SSSR count). The van der Waals surface area contributed by atoms with Crippen LogP contribution in [0, 0.1) is 0 Å². The first-order valence-corrected chi connectivity index (χ1v) is 6.05. The summed E-state index contributed by atoms with van der Waals surface area (Å²) in [5.74, 6) is -0.297. The van der Waals surface area contributed by atoms with Gasteiger partial charge in [0.05, 0.1) is 0 Å². The number of carbonyl (C=O) groups excluding carboxylic acids is 1. The van der Waals surface area contributed by atoms with Gasteiger partial charge >= 0.3 is 0 Å². The minimum atomic E-state index is -0.640. The van der Waals surface area contributed by atoms with Crippen LogP contribution in [0.4, 0.5) is 5.69 Å². The molecule has 1 aliphatic heterocycles. The zero-order valence-electron chi connectivity index (χ0n) is 9.50. The van der Waals surface area contributed by atoms with Gasteiger partial charge < -0.3 is 16.4 Å². The Hall–Kier alpha value is -1.26. The summed E-state index contributed by atoms with van der Waals surface area (Å²) in [5, 5.41) is 7.14. The fourth-order valence-corrected chi connectivity index (χ4v) is 2.22. The van der Waals surface area contributed by atoms with Crippen LogP contribution in [-0.2, 0) is 4.79 Å². The molecule has 1 fully saturated rings. The minimum absolute atomic E-state index is 0.297. The van der Waals surface area contributed by atoms with Crippen LogP contribution < -0.4 is 16.4 Å². The Morgan fingerprint density at radius 3 is 2.41 bits per heavy atom. The summed E-state index contributed by atoms with van der Waals surface area (Å²) >= 11 is 5.82. The van der Waals surface area contributed by atoms with Gasteiger partial charge in [-0.15, -0.1) is 0 Å². The summed E-state index contributed by atoms with van der Waals surface area (Å²) in [7, 11) is 0. The molecule has 4 N–H and O–H groups in total. The molecule has 1 heterocycles. The summed E-state index contributed by atoms with van der Waals surface area (Å²) < 4.78 is 0. The van der Waals surface area contributed by atoms with Crippen molar-refractivity contribution in [3.63, 3.8) is 0 Å². The molecule has 0 aromatic heterocycles. The number of rotatable bonds is 3. The average Bonchev–Trinajstić information content (AvgIpc) is 2.33. The Balaban J connectivity index is 2.17. The second kappa shape index (κ2) is 4.94. The van der Waals surface area contributed by atoms with E-state index in [0.717, 1.165) is 18.8 Å². The van der Waals surface area contributed by atoms with E-state index in [1.165, 1.54) is 0 Å². The topological polar surface area (TPSA) is 67.2 Å². The maximum atomic E-state index is 11.7. The number of hydrogen-bond donors (Lipinski definition) is 3. The van der Waals surface area contributed by atoms with E-state index >= 15 is 0 Å². The predicted octanol–water partition coefficient (Wildman–Crippen LogP) is 1.36. The first kappa shape index (κ1) is 12.2. The molecule has 0 unspecified atom stereocenters. The number of carbonyl (C=O) groups is 1. The van der Waals surface area contributed by atoms with Crippen LogP contribution in [0.25, 0.3) is 0 Å². The van der Waals surface area contributed by atoms with E-state index in [0.29, 0.717) is 17.9 Å². The van der Waals surface area contributed by atoms with E-state index in [2.05, 4.69) is 10.6 Å². The molecule has 0 radical (unpaired) electrons. The molecule has 0 aliphatic carbocycles. The molecular formula is C12H16ClN3O. The van der Waals surface area contributed by atoms with Crippen LogP contribution in [-0.4, -0.2) is 24.5 Å². The second-order valence-electron chi connectivity index (χ2n) is 4.33. The first-order valence-electron chi connectivity index (χ1n) is 5.67. The number of anilines is 1. The van der Waals surface area contributed by atoms with Crippen LogP contribution in [0.5, 0.6) is 0 Å². The highest BCUT2D eigenvalue weighted by Gasteiger charge is 2.37. The highest BCUT2D eigenvalue weighted by atomic mass is 35.5. The number of hydrogen-bond acceptors (Lipinski definition) is 3. The number of halogens is 1. The van der Waals surface area contributed by atoms with Gasteiger partial charge in [-0.25, -0.2) is 0 Å². The van der Waals surface area contributed by atoms with Crippen LogP contribution in [0.2, 0.25) is 5.02 Å². The minimum Gasteiger partial charge on any atom is -0.371 e. The lowest BCUT2D eigenvalue weighted by atomic mass is 9.87. The van der Waals surface area contributed by atoms with Crippen molar-refractivity contribution in [2.45, 2.75) is 18.4 Å². The van der Waals surface area contributed by atoms with Crippen molar-refractivity contribution in [1.82, 2.24) is 5.32 Å². The van der Waals surface area contributed by atoms with Gasteiger partial charge in [0.15, 0.2) is 0 Å². The van der Waals surface area contributed by atoms with E-state index < -0.39 is 5.54 Å². The summed E-state index contributed by atoms with van der Waals surface area (Å²) in [5.41, 5.74) is 5.76. The summed E-state index contributed by atoms with van der Waals surface area (Å²) in [4.78, 5) is 11.7. The van der Waals surface area contributed by atoms with Crippen molar-refractivity contribution in [1.29, 1.82) is 0 Å². The van der Waals surface area contributed by atoms with Crippen molar-refractivity contribution < 1.29 is 4.79 Å². The summed E-state index contributed by atoms with van der Waals surface area (Å²) in [6, 6.07) is 7.30. The summed E-state index contributed by atoms with van der Waals surface area (Å²) in [6.07, 6.45) is 1.40. The smallest absolute Gasteiger partial charge is 0.243 e. The van der Waals surface area contributed by atoms with E-state index in [1.54, 1.807) is 12.1 Å². The van der Waals surface area contributed by atoms with Crippen molar-refractivity contribution >= 4 is 23.2 Å². The fourth-order valence-electron chi connectivity index (χ4n) is 2.10. The Labute approximate surface area is 106 Å². The number of primary amides is 1. The normalized spacial score (nSPS) is 18.6. The number of amides is 1. The molecule has 1 aromatic carbocycles. The van der Waals surface area contributed by atoms with Crippen LogP contribution in [0.3, 0.4) is 0 Å². The van der Waals surface area contributed by atoms with E-state index in [-0.39, 0.29) is 5.91 Å². The highest BCUT2D eigenvalue weighted by Crippen LogP contribution is 2.25. The van der Waals surface area contributed by atoms with Crippen LogP contribution >= 0.6 is 11.6 Å². The number of nitrogens with one attached hydrogen (secondary N) is 2. The maximum absolute atomic E-state index is 11.7. The molecule has 92 valence electrons. The van der Waals surface area contributed by atoms with Gasteiger partial charge in [0.2, 0.25) is 5.91 Å². The van der Waals surface area contributed by atoms with Crippen LogP contribution in [0.15, 0.2) is 24.3 Å². The van der Waals surface area contributed by atoms with E-state index in [4.69, 9.17) is 17.3 Å². The van der Waals surface area contributed by atoms with Gasteiger partial charge in [0.1, 0.15) is 5.54 Å². The van der Waals surface area contributed by atoms with E-state index in [1.807, 2.05) is 12.1 Å². The Morgan fingerprint density at radius 1 is 1.29 bits per heavy atom. The SMILES string of the molecule is NC(=O)C1(Nc2ccc(Cl)cc2)CCNCC1. The summed E-state index contributed by atoms with van der Waals surface area (Å²) in [6.45, 7) is 1.59. The third kappa shape index (κ3) is 2.70. The molecule has 1 saturated heterocycles. The zero-order valence-corrected chi connectivity index (χ0v) is 10.3.